The molecule has 0 amide bonds. The van der Waals surface area contributed by atoms with Crippen molar-refractivity contribution < 1.29 is 13.5 Å². The van der Waals surface area contributed by atoms with Gasteiger partial charge < -0.3 is 10.1 Å². The minimum Gasteiger partial charge on any atom is -0.375 e. The third-order valence-corrected chi connectivity index (χ3v) is 2.45. The number of morpholine rings is 1. The van der Waals surface area contributed by atoms with Crippen molar-refractivity contribution in [1.29, 1.82) is 0 Å². The summed E-state index contributed by atoms with van der Waals surface area (Å²) in [6.45, 7) is 2.29. The fraction of sp³-hybridized carbons (Fsp3) is 0.455. The fourth-order valence-corrected chi connectivity index (χ4v) is 1.68. The number of hydrogen-bond donors (Lipinski definition) is 1. The van der Waals surface area contributed by atoms with Gasteiger partial charge in [-0.1, -0.05) is 6.07 Å². The van der Waals surface area contributed by atoms with E-state index >= 15 is 0 Å². The predicted molar refractivity (Wildman–Crippen MR) is 52.7 cm³/mol. The third-order valence-electron chi connectivity index (χ3n) is 2.45. The van der Waals surface area contributed by atoms with Gasteiger partial charge in [0, 0.05) is 13.1 Å². The van der Waals surface area contributed by atoms with Crippen LogP contribution in [0.3, 0.4) is 0 Å². The molecule has 15 heavy (non-hydrogen) atoms. The molecular weight excluding hydrogens is 200 g/mol. The van der Waals surface area contributed by atoms with Crippen molar-refractivity contribution in [3.63, 3.8) is 0 Å². The highest BCUT2D eigenvalue weighted by atomic mass is 19.2. The zero-order chi connectivity index (χ0) is 10.7. The van der Waals surface area contributed by atoms with E-state index in [2.05, 4.69) is 5.32 Å². The van der Waals surface area contributed by atoms with Crippen LogP contribution in [-0.4, -0.2) is 25.8 Å². The average molecular weight is 213 g/mol. The monoisotopic (exact) mass is 213 g/mol. The summed E-state index contributed by atoms with van der Waals surface area (Å²) < 4.78 is 31.0. The number of nitrogens with one attached hydrogen (secondary N) is 1. The van der Waals surface area contributed by atoms with Crippen molar-refractivity contribution in [3.8, 4) is 0 Å². The second-order valence-electron chi connectivity index (χ2n) is 3.65. The van der Waals surface area contributed by atoms with Crippen LogP contribution in [0.1, 0.15) is 5.56 Å². The Morgan fingerprint density at radius 3 is 2.87 bits per heavy atom. The summed E-state index contributed by atoms with van der Waals surface area (Å²) in [6, 6.07) is 3.98. The van der Waals surface area contributed by atoms with Crippen molar-refractivity contribution in [2.24, 2.45) is 0 Å². The van der Waals surface area contributed by atoms with Gasteiger partial charge in [-0.25, -0.2) is 8.78 Å². The minimum atomic E-state index is -0.804. The number of rotatable bonds is 2. The van der Waals surface area contributed by atoms with Crippen LogP contribution in [-0.2, 0) is 11.2 Å². The molecule has 82 valence electrons. The van der Waals surface area contributed by atoms with Gasteiger partial charge >= 0.3 is 0 Å². The van der Waals surface area contributed by atoms with E-state index in [1.165, 1.54) is 6.07 Å². The lowest BCUT2D eigenvalue weighted by molar-refractivity contribution is 0.0292. The molecule has 0 aliphatic carbocycles. The van der Waals surface area contributed by atoms with Crippen LogP contribution in [0.15, 0.2) is 18.2 Å². The summed E-state index contributed by atoms with van der Waals surface area (Å²) >= 11 is 0. The third kappa shape index (κ3) is 2.73. The van der Waals surface area contributed by atoms with E-state index in [1.807, 2.05) is 0 Å². The second-order valence-corrected chi connectivity index (χ2v) is 3.65. The molecule has 1 N–H and O–H groups in total. The molecule has 1 atom stereocenters. The molecule has 0 radical (unpaired) electrons. The van der Waals surface area contributed by atoms with Crippen molar-refractivity contribution in [1.82, 2.24) is 5.32 Å². The molecule has 1 aromatic carbocycles. The largest absolute Gasteiger partial charge is 0.375 e. The van der Waals surface area contributed by atoms with Crippen LogP contribution in [0.25, 0.3) is 0 Å². The summed E-state index contributed by atoms with van der Waals surface area (Å²) in [5.41, 5.74) is 0.766. The predicted octanol–water partition coefficient (Wildman–Crippen LogP) is 1.50. The quantitative estimate of drug-likeness (QED) is 0.803. The highest BCUT2D eigenvalue weighted by molar-refractivity contribution is 5.18. The van der Waals surface area contributed by atoms with Crippen LogP contribution in [0, 0.1) is 11.6 Å². The van der Waals surface area contributed by atoms with Gasteiger partial charge in [-0.3, -0.25) is 0 Å². The fourth-order valence-electron chi connectivity index (χ4n) is 1.68. The molecule has 1 heterocycles. The Morgan fingerprint density at radius 1 is 1.33 bits per heavy atom. The standard InChI is InChI=1S/C11H13F2NO/c12-10-2-1-8(6-11(10)13)5-9-7-14-3-4-15-9/h1-2,6,9,14H,3-5,7H2. The highest BCUT2D eigenvalue weighted by Crippen LogP contribution is 2.12. The Morgan fingerprint density at radius 2 is 2.20 bits per heavy atom. The molecule has 4 heteroatoms. The van der Waals surface area contributed by atoms with E-state index in [-0.39, 0.29) is 6.10 Å². The Labute approximate surface area is 87.2 Å². The van der Waals surface area contributed by atoms with E-state index in [9.17, 15) is 8.78 Å². The van der Waals surface area contributed by atoms with Crippen molar-refractivity contribution >= 4 is 0 Å². The van der Waals surface area contributed by atoms with Crippen LogP contribution < -0.4 is 5.32 Å². The smallest absolute Gasteiger partial charge is 0.159 e. The zero-order valence-electron chi connectivity index (χ0n) is 8.30. The molecule has 1 fully saturated rings. The molecule has 1 aliphatic rings. The van der Waals surface area contributed by atoms with Gasteiger partial charge in [0.05, 0.1) is 12.7 Å². The van der Waals surface area contributed by atoms with Gasteiger partial charge in [0.2, 0.25) is 0 Å². The molecular formula is C11H13F2NO. The molecule has 2 nitrogen and oxygen atoms in total. The van der Waals surface area contributed by atoms with Crippen LogP contribution >= 0.6 is 0 Å². The van der Waals surface area contributed by atoms with Crippen LogP contribution in [0.2, 0.25) is 0 Å². The van der Waals surface area contributed by atoms with Crippen LogP contribution in [0.4, 0.5) is 8.78 Å². The summed E-state index contributed by atoms with van der Waals surface area (Å²) in [5, 5.41) is 3.19. The van der Waals surface area contributed by atoms with Crippen molar-refractivity contribution in [2.45, 2.75) is 12.5 Å². The molecule has 1 unspecified atom stereocenters. The maximum Gasteiger partial charge on any atom is 0.159 e. The summed E-state index contributed by atoms with van der Waals surface area (Å²) in [7, 11) is 0. The number of ether oxygens (including phenoxy) is 1. The molecule has 1 aliphatic heterocycles. The maximum absolute atomic E-state index is 12.9. The zero-order valence-corrected chi connectivity index (χ0v) is 8.30. The maximum atomic E-state index is 12.9. The first-order valence-electron chi connectivity index (χ1n) is 5.02. The van der Waals surface area contributed by atoms with E-state index in [0.29, 0.717) is 13.0 Å². The van der Waals surface area contributed by atoms with E-state index in [0.717, 1.165) is 24.7 Å². The lowest BCUT2D eigenvalue weighted by Crippen LogP contribution is -2.39. The molecule has 0 spiro atoms. The first kappa shape index (κ1) is 10.5. The molecule has 1 saturated heterocycles. The topological polar surface area (TPSA) is 21.3 Å². The molecule has 0 bridgehead atoms. The van der Waals surface area contributed by atoms with Gasteiger partial charge in [0.15, 0.2) is 11.6 Å². The van der Waals surface area contributed by atoms with Crippen molar-refractivity contribution in [3.05, 3.63) is 35.4 Å². The minimum absolute atomic E-state index is 0.0589. The van der Waals surface area contributed by atoms with E-state index in [4.69, 9.17) is 4.74 Å². The van der Waals surface area contributed by atoms with Gasteiger partial charge in [-0.05, 0) is 24.1 Å². The highest BCUT2D eigenvalue weighted by Gasteiger charge is 2.14. The van der Waals surface area contributed by atoms with E-state index < -0.39 is 11.6 Å². The second kappa shape index (κ2) is 4.68. The normalized spacial score (nSPS) is 21.6. The van der Waals surface area contributed by atoms with Crippen LogP contribution in [0.5, 0.6) is 0 Å². The Balaban J connectivity index is 2.00. The number of benzene rings is 1. The Hall–Kier alpha value is -1.00. The number of halogens is 2. The molecule has 1 aromatic rings. The van der Waals surface area contributed by atoms with Gasteiger partial charge in [0.1, 0.15) is 0 Å². The first-order chi connectivity index (χ1) is 7.25. The van der Waals surface area contributed by atoms with Crippen molar-refractivity contribution in [2.75, 3.05) is 19.7 Å². The van der Waals surface area contributed by atoms with Gasteiger partial charge in [-0.2, -0.15) is 0 Å². The lowest BCUT2D eigenvalue weighted by Gasteiger charge is -2.23. The Bertz CT molecular complexity index is 337. The summed E-state index contributed by atoms with van der Waals surface area (Å²) in [4.78, 5) is 0. The number of hydrogen-bond acceptors (Lipinski definition) is 2. The van der Waals surface area contributed by atoms with Gasteiger partial charge in [-0.15, -0.1) is 0 Å². The summed E-state index contributed by atoms with van der Waals surface area (Å²) in [5.74, 6) is -1.60. The van der Waals surface area contributed by atoms with Gasteiger partial charge in [0.25, 0.3) is 0 Å². The SMILES string of the molecule is Fc1ccc(CC2CNCCO2)cc1F. The molecule has 0 aromatic heterocycles. The van der Waals surface area contributed by atoms with E-state index in [1.54, 1.807) is 6.07 Å². The molecule has 0 saturated carbocycles. The molecule has 2 rings (SSSR count). The lowest BCUT2D eigenvalue weighted by atomic mass is 10.1. The first-order valence-corrected chi connectivity index (χ1v) is 5.02. The average Bonchev–Trinajstić information content (AvgIpc) is 2.25. The Kier molecular flexibility index (Phi) is 3.28. The summed E-state index contributed by atoms with van der Waals surface area (Å²) in [6.07, 6.45) is 0.674.